The highest BCUT2D eigenvalue weighted by atomic mass is 16.6. The minimum absolute atomic E-state index is 0.192. The van der Waals surface area contributed by atoms with E-state index in [4.69, 9.17) is 4.52 Å². The largest absolute Gasteiger partial charge is 0.393 e. The normalized spacial score (nSPS) is 18.4. The quantitative estimate of drug-likeness (QED) is 0.492. The number of ether oxygens (including phenoxy) is 1. The minimum atomic E-state index is -0.494. The van der Waals surface area contributed by atoms with Gasteiger partial charge in [-0.05, 0) is 6.92 Å². The number of aromatic nitrogens is 1. The highest BCUT2D eigenvalue weighted by Crippen LogP contribution is 2.27. The van der Waals surface area contributed by atoms with Crippen molar-refractivity contribution in [3.63, 3.8) is 0 Å². The average molecular weight is 195 g/mol. The van der Waals surface area contributed by atoms with Gasteiger partial charge < -0.3 is 9.26 Å². The van der Waals surface area contributed by atoms with Crippen LogP contribution in [0.2, 0.25) is 0 Å². The van der Waals surface area contributed by atoms with Crippen LogP contribution in [0.4, 0.5) is 0 Å². The van der Waals surface area contributed by atoms with Crippen LogP contribution in [-0.4, -0.2) is 17.1 Å². The molecule has 1 aromatic rings. The van der Waals surface area contributed by atoms with Gasteiger partial charge in [0.05, 0.1) is 18.5 Å². The van der Waals surface area contributed by atoms with E-state index in [9.17, 15) is 9.59 Å². The predicted octanol–water partition coefficient (Wildman–Crippen LogP) is 0.930. The van der Waals surface area contributed by atoms with Gasteiger partial charge in [-0.1, -0.05) is 5.16 Å². The van der Waals surface area contributed by atoms with Gasteiger partial charge >= 0.3 is 11.9 Å². The predicted molar refractivity (Wildman–Crippen MR) is 44.3 cm³/mol. The van der Waals surface area contributed by atoms with Crippen molar-refractivity contribution in [1.82, 2.24) is 5.16 Å². The summed E-state index contributed by atoms with van der Waals surface area (Å²) in [5, 5.41) is 3.77. The third-order valence-electron chi connectivity index (χ3n) is 2.12. The first-order valence-corrected chi connectivity index (χ1v) is 4.32. The molecule has 0 amide bonds. The lowest BCUT2D eigenvalue weighted by Crippen LogP contribution is -2.24. The van der Waals surface area contributed by atoms with E-state index in [0.29, 0.717) is 11.5 Å². The Balaban J connectivity index is 2.18. The number of esters is 2. The van der Waals surface area contributed by atoms with E-state index >= 15 is 0 Å². The number of hydrogen-bond acceptors (Lipinski definition) is 5. The lowest BCUT2D eigenvalue weighted by atomic mass is 9.96. The highest BCUT2D eigenvalue weighted by Gasteiger charge is 2.30. The molecule has 5 nitrogen and oxygen atoms in total. The Morgan fingerprint density at radius 3 is 2.50 bits per heavy atom. The molecule has 74 valence electrons. The van der Waals surface area contributed by atoms with Crippen LogP contribution in [0.5, 0.6) is 0 Å². The lowest BCUT2D eigenvalue weighted by molar-refractivity contribution is -0.164. The Morgan fingerprint density at radius 2 is 2.00 bits per heavy atom. The molecule has 1 aliphatic rings. The molecule has 0 unspecified atom stereocenters. The first-order chi connectivity index (χ1) is 6.65. The van der Waals surface area contributed by atoms with Crippen molar-refractivity contribution in [2.24, 2.45) is 0 Å². The maximum Gasteiger partial charge on any atom is 0.314 e. The van der Waals surface area contributed by atoms with Gasteiger partial charge in [0, 0.05) is 12.0 Å². The number of carbonyl (C=O) groups is 2. The van der Waals surface area contributed by atoms with E-state index in [2.05, 4.69) is 9.89 Å². The fraction of sp³-hybridized carbons (Fsp3) is 0.444. The summed E-state index contributed by atoms with van der Waals surface area (Å²) in [6, 6.07) is 1.73. The number of hydrogen-bond donors (Lipinski definition) is 0. The summed E-state index contributed by atoms with van der Waals surface area (Å²) < 4.78 is 9.28. The summed E-state index contributed by atoms with van der Waals surface area (Å²) in [5.41, 5.74) is 0.646. The van der Waals surface area contributed by atoms with E-state index in [0.717, 1.165) is 0 Å². The Hall–Kier alpha value is -1.65. The molecule has 0 aromatic carbocycles. The number of aryl methyl sites for hydroxylation is 1. The molecule has 0 radical (unpaired) electrons. The second-order valence-corrected chi connectivity index (χ2v) is 3.31. The second kappa shape index (κ2) is 3.25. The summed E-state index contributed by atoms with van der Waals surface area (Å²) >= 11 is 0. The molecule has 0 spiro atoms. The molecule has 1 saturated heterocycles. The van der Waals surface area contributed by atoms with Crippen molar-refractivity contribution in [2.75, 3.05) is 0 Å². The molecule has 1 fully saturated rings. The second-order valence-electron chi connectivity index (χ2n) is 3.31. The van der Waals surface area contributed by atoms with Crippen LogP contribution in [-0.2, 0) is 14.3 Å². The van der Waals surface area contributed by atoms with Crippen molar-refractivity contribution in [3.8, 4) is 0 Å². The van der Waals surface area contributed by atoms with Crippen molar-refractivity contribution < 1.29 is 18.8 Å². The van der Waals surface area contributed by atoms with Gasteiger partial charge in [0.2, 0.25) is 0 Å². The van der Waals surface area contributed by atoms with Crippen LogP contribution in [0, 0.1) is 6.92 Å². The zero-order valence-corrected chi connectivity index (χ0v) is 7.65. The molecule has 14 heavy (non-hydrogen) atoms. The number of nitrogens with zero attached hydrogens (tertiary/aromatic N) is 1. The van der Waals surface area contributed by atoms with Gasteiger partial charge in [-0.25, -0.2) is 0 Å². The smallest absolute Gasteiger partial charge is 0.314 e. The molecule has 2 heterocycles. The minimum Gasteiger partial charge on any atom is -0.393 e. The van der Waals surface area contributed by atoms with Gasteiger partial charge in [0.15, 0.2) is 0 Å². The molecule has 0 atom stereocenters. The number of rotatable bonds is 1. The maximum atomic E-state index is 11.0. The van der Waals surface area contributed by atoms with E-state index in [1.807, 2.05) is 0 Å². The highest BCUT2D eigenvalue weighted by molar-refractivity contribution is 5.89. The standard InChI is InChI=1S/C9H9NO4/c1-5-2-7(10-14-5)6-3-8(11)13-9(12)4-6/h2,6H,3-4H2,1H3. The molecule has 0 bridgehead atoms. The fourth-order valence-electron chi connectivity index (χ4n) is 1.47. The molecule has 1 aromatic heterocycles. The summed E-state index contributed by atoms with van der Waals surface area (Å²) in [4.78, 5) is 21.9. The fourth-order valence-corrected chi connectivity index (χ4v) is 1.47. The van der Waals surface area contributed by atoms with Crippen LogP contribution in [0.1, 0.15) is 30.2 Å². The first kappa shape index (κ1) is 8.93. The maximum absolute atomic E-state index is 11.0. The third kappa shape index (κ3) is 1.66. The molecule has 2 rings (SSSR count). The zero-order chi connectivity index (χ0) is 10.1. The summed E-state index contributed by atoms with van der Waals surface area (Å²) in [5.74, 6) is -0.508. The van der Waals surface area contributed by atoms with Gasteiger partial charge in [0.1, 0.15) is 5.76 Å². The van der Waals surface area contributed by atoms with Crippen LogP contribution in [0.15, 0.2) is 10.6 Å². The Kier molecular flexibility index (Phi) is 2.07. The number of cyclic esters (lactones) is 2. The number of carbonyl (C=O) groups excluding carboxylic acids is 2. The Bertz CT molecular complexity index is 366. The molecule has 0 N–H and O–H groups in total. The SMILES string of the molecule is Cc1cc(C2CC(=O)OC(=O)C2)no1. The van der Waals surface area contributed by atoms with Gasteiger partial charge in [-0.15, -0.1) is 0 Å². The third-order valence-corrected chi connectivity index (χ3v) is 2.12. The summed E-state index contributed by atoms with van der Waals surface area (Å²) in [6.07, 6.45) is 0.384. The molecular formula is C9H9NO4. The summed E-state index contributed by atoms with van der Waals surface area (Å²) in [6.45, 7) is 1.76. The topological polar surface area (TPSA) is 69.4 Å². The van der Waals surface area contributed by atoms with Crippen LogP contribution < -0.4 is 0 Å². The molecule has 1 aliphatic heterocycles. The average Bonchev–Trinajstić information content (AvgIpc) is 2.50. The van der Waals surface area contributed by atoms with E-state index in [-0.39, 0.29) is 18.8 Å². The van der Waals surface area contributed by atoms with Crippen molar-refractivity contribution in [3.05, 3.63) is 17.5 Å². The Morgan fingerprint density at radius 1 is 1.36 bits per heavy atom. The summed E-state index contributed by atoms with van der Waals surface area (Å²) in [7, 11) is 0. The van der Waals surface area contributed by atoms with Gasteiger partial charge in [0.25, 0.3) is 0 Å². The van der Waals surface area contributed by atoms with Crippen molar-refractivity contribution in [2.45, 2.75) is 25.7 Å². The van der Waals surface area contributed by atoms with Crippen LogP contribution >= 0.6 is 0 Å². The molecule has 0 saturated carbocycles. The van der Waals surface area contributed by atoms with Crippen molar-refractivity contribution >= 4 is 11.9 Å². The van der Waals surface area contributed by atoms with Crippen LogP contribution in [0.3, 0.4) is 0 Å². The van der Waals surface area contributed by atoms with E-state index in [1.54, 1.807) is 13.0 Å². The first-order valence-electron chi connectivity index (χ1n) is 4.32. The Labute approximate surface area is 80.0 Å². The van der Waals surface area contributed by atoms with E-state index in [1.165, 1.54) is 0 Å². The lowest BCUT2D eigenvalue weighted by Gasteiger charge is -2.16. The van der Waals surface area contributed by atoms with Crippen LogP contribution in [0.25, 0.3) is 0 Å². The zero-order valence-electron chi connectivity index (χ0n) is 7.65. The van der Waals surface area contributed by atoms with Gasteiger partial charge in [-0.3, -0.25) is 9.59 Å². The van der Waals surface area contributed by atoms with E-state index < -0.39 is 11.9 Å². The monoisotopic (exact) mass is 195 g/mol. The molecular weight excluding hydrogens is 186 g/mol. The van der Waals surface area contributed by atoms with Gasteiger partial charge in [-0.2, -0.15) is 0 Å². The van der Waals surface area contributed by atoms with Crippen molar-refractivity contribution in [1.29, 1.82) is 0 Å². The molecule has 5 heteroatoms. The molecule has 0 aliphatic carbocycles.